The van der Waals surface area contributed by atoms with E-state index in [2.05, 4.69) is 87.7 Å². The Kier molecular flexibility index (Phi) is 6.92. The molecule has 0 N–H and O–H groups in total. The molecule has 0 amide bonds. The van der Waals surface area contributed by atoms with E-state index in [1.807, 2.05) is 0 Å². The van der Waals surface area contributed by atoms with Gasteiger partial charge in [-0.15, -0.1) is 0 Å². The smallest absolute Gasteiger partial charge is 0.0395 e. The second kappa shape index (κ2) is 8.94. The minimum atomic E-state index is 0.999. The molecule has 2 rings (SSSR count). The second-order valence-corrected chi connectivity index (χ2v) is 6.76. The first-order valence-electron chi connectivity index (χ1n) is 9.72. The van der Waals surface area contributed by atoms with Crippen molar-refractivity contribution in [2.24, 2.45) is 0 Å². The SMILES string of the molecule is CCN(CC)c1ccc(Cc2ccc(N(CC)CC)c(C)c2)cc1C. The van der Waals surface area contributed by atoms with E-state index in [1.165, 1.54) is 33.6 Å². The van der Waals surface area contributed by atoms with E-state index in [4.69, 9.17) is 0 Å². The van der Waals surface area contributed by atoms with Gasteiger partial charge in [0.15, 0.2) is 0 Å². The summed E-state index contributed by atoms with van der Waals surface area (Å²) in [5.74, 6) is 0. The maximum Gasteiger partial charge on any atom is 0.0395 e. The standard InChI is InChI=1S/C23H34N2/c1-7-24(8-2)22-13-11-20(15-18(22)5)17-21-12-14-23(19(6)16-21)25(9-3)10-4/h11-16H,7-10,17H2,1-6H3. The molecule has 0 saturated carbocycles. The molecule has 2 aromatic rings. The number of rotatable bonds is 8. The summed E-state index contributed by atoms with van der Waals surface area (Å²) in [5, 5.41) is 0. The molecule has 136 valence electrons. The third kappa shape index (κ3) is 4.56. The van der Waals surface area contributed by atoms with Crippen molar-refractivity contribution in [1.82, 2.24) is 0 Å². The van der Waals surface area contributed by atoms with Crippen molar-refractivity contribution < 1.29 is 0 Å². The quantitative estimate of drug-likeness (QED) is 0.619. The molecule has 2 nitrogen and oxygen atoms in total. The molecular formula is C23H34N2. The van der Waals surface area contributed by atoms with Crippen LogP contribution >= 0.6 is 0 Å². The van der Waals surface area contributed by atoms with Crippen molar-refractivity contribution in [3.05, 3.63) is 58.7 Å². The van der Waals surface area contributed by atoms with Crippen molar-refractivity contribution in [3.8, 4) is 0 Å². The summed E-state index contributed by atoms with van der Waals surface area (Å²) in [4.78, 5) is 4.84. The molecule has 2 heteroatoms. The maximum atomic E-state index is 2.42. The highest BCUT2D eigenvalue weighted by Crippen LogP contribution is 2.25. The van der Waals surface area contributed by atoms with Gasteiger partial charge in [0.2, 0.25) is 0 Å². The summed E-state index contributed by atoms with van der Waals surface area (Å²) in [7, 11) is 0. The van der Waals surface area contributed by atoms with Crippen LogP contribution in [-0.4, -0.2) is 26.2 Å². The van der Waals surface area contributed by atoms with Crippen LogP contribution in [0.4, 0.5) is 11.4 Å². The van der Waals surface area contributed by atoms with Crippen molar-refractivity contribution >= 4 is 11.4 Å². The highest BCUT2D eigenvalue weighted by Gasteiger charge is 2.09. The molecule has 0 atom stereocenters. The average Bonchev–Trinajstić information content (AvgIpc) is 2.60. The molecule has 0 aliphatic heterocycles. The zero-order valence-electron chi connectivity index (χ0n) is 16.9. The van der Waals surface area contributed by atoms with Crippen LogP contribution in [0.3, 0.4) is 0 Å². The first-order chi connectivity index (χ1) is 12.0. The summed E-state index contributed by atoms with van der Waals surface area (Å²) in [6.45, 7) is 17.6. The highest BCUT2D eigenvalue weighted by atomic mass is 15.1. The van der Waals surface area contributed by atoms with Gasteiger partial charge in [-0.3, -0.25) is 0 Å². The molecular weight excluding hydrogens is 304 g/mol. The van der Waals surface area contributed by atoms with Crippen LogP contribution in [-0.2, 0) is 6.42 Å². The third-order valence-corrected chi connectivity index (χ3v) is 5.14. The van der Waals surface area contributed by atoms with E-state index in [1.54, 1.807) is 0 Å². The van der Waals surface area contributed by atoms with E-state index >= 15 is 0 Å². The first-order valence-corrected chi connectivity index (χ1v) is 9.72. The number of hydrogen-bond acceptors (Lipinski definition) is 2. The van der Waals surface area contributed by atoms with Crippen LogP contribution in [0.5, 0.6) is 0 Å². The van der Waals surface area contributed by atoms with Crippen LogP contribution in [0.2, 0.25) is 0 Å². The van der Waals surface area contributed by atoms with Crippen molar-refractivity contribution in [2.45, 2.75) is 48.0 Å². The van der Waals surface area contributed by atoms with Crippen molar-refractivity contribution in [1.29, 1.82) is 0 Å². The fourth-order valence-corrected chi connectivity index (χ4v) is 3.73. The van der Waals surface area contributed by atoms with Gasteiger partial charge in [-0.2, -0.15) is 0 Å². The van der Waals surface area contributed by atoms with Crippen LogP contribution in [0.25, 0.3) is 0 Å². The molecule has 0 bridgehead atoms. The molecule has 0 saturated heterocycles. The number of nitrogens with zero attached hydrogens (tertiary/aromatic N) is 2. The summed E-state index contributed by atoms with van der Waals surface area (Å²) >= 11 is 0. The zero-order chi connectivity index (χ0) is 18.4. The lowest BCUT2D eigenvalue weighted by Crippen LogP contribution is -2.22. The van der Waals surface area contributed by atoms with Gasteiger partial charge < -0.3 is 9.80 Å². The Hall–Kier alpha value is -1.96. The second-order valence-electron chi connectivity index (χ2n) is 6.76. The van der Waals surface area contributed by atoms with Gasteiger partial charge in [0.05, 0.1) is 0 Å². The zero-order valence-corrected chi connectivity index (χ0v) is 16.9. The molecule has 0 fully saturated rings. The fraction of sp³-hybridized carbons (Fsp3) is 0.478. The Morgan fingerprint density at radius 3 is 1.24 bits per heavy atom. The van der Waals surface area contributed by atoms with Crippen LogP contribution < -0.4 is 9.80 Å². The molecule has 0 unspecified atom stereocenters. The predicted octanol–water partition coefficient (Wildman–Crippen LogP) is 5.59. The molecule has 0 aromatic heterocycles. The Morgan fingerprint density at radius 1 is 0.600 bits per heavy atom. The van der Waals surface area contributed by atoms with Crippen molar-refractivity contribution in [3.63, 3.8) is 0 Å². The van der Waals surface area contributed by atoms with Gasteiger partial charge in [-0.05, 0) is 82.3 Å². The lowest BCUT2D eigenvalue weighted by molar-refractivity contribution is 0.860. The molecule has 0 heterocycles. The van der Waals surface area contributed by atoms with E-state index in [0.29, 0.717) is 0 Å². The third-order valence-electron chi connectivity index (χ3n) is 5.14. The molecule has 0 aliphatic rings. The first kappa shape index (κ1) is 19.4. The van der Waals surface area contributed by atoms with Gasteiger partial charge in [0, 0.05) is 37.6 Å². The van der Waals surface area contributed by atoms with Crippen LogP contribution in [0, 0.1) is 13.8 Å². The maximum absolute atomic E-state index is 2.42. The van der Waals surface area contributed by atoms with Gasteiger partial charge in [-0.1, -0.05) is 24.3 Å². The normalized spacial score (nSPS) is 10.8. The monoisotopic (exact) mass is 338 g/mol. The van der Waals surface area contributed by atoms with Gasteiger partial charge in [0.1, 0.15) is 0 Å². The summed E-state index contributed by atoms with van der Waals surface area (Å²) in [6, 6.07) is 13.8. The van der Waals surface area contributed by atoms with Crippen LogP contribution in [0.15, 0.2) is 36.4 Å². The number of hydrogen-bond donors (Lipinski definition) is 0. The number of aryl methyl sites for hydroxylation is 2. The Labute approximate surface area is 154 Å². The number of benzene rings is 2. The van der Waals surface area contributed by atoms with E-state index in [9.17, 15) is 0 Å². The summed E-state index contributed by atoms with van der Waals surface area (Å²) in [6.07, 6.45) is 0.999. The largest absolute Gasteiger partial charge is 0.372 e. The fourth-order valence-electron chi connectivity index (χ4n) is 3.73. The number of anilines is 2. The minimum Gasteiger partial charge on any atom is -0.372 e. The van der Waals surface area contributed by atoms with E-state index in [0.717, 1.165) is 32.6 Å². The molecule has 0 spiro atoms. The Balaban J connectivity index is 2.20. The topological polar surface area (TPSA) is 6.48 Å². The molecule has 0 aliphatic carbocycles. The molecule has 0 radical (unpaired) electrons. The lowest BCUT2D eigenvalue weighted by atomic mass is 9.99. The lowest BCUT2D eigenvalue weighted by Gasteiger charge is -2.24. The molecule has 2 aromatic carbocycles. The van der Waals surface area contributed by atoms with Crippen molar-refractivity contribution in [2.75, 3.05) is 36.0 Å². The minimum absolute atomic E-state index is 0.999. The highest BCUT2D eigenvalue weighted by molar-refractivity contribution is 5.56. The van der Waals surface area contributed by atoms with Crippen LogP contribution in [0.1, 0.15) is 49.9 Å². The molecule has 25 heavy (non-hydrogen) atoms. The average molecular weight is 339 g/mol. The van der Waals surface area contributed by atoms with Gasteiger partial charge >= 0.3 is 0 Å². The Morgan fingerprint density at radius 2 is 0.960 bits per heavy atom. The van der Waals surface area contributed by atoms with Gasteiger partial charge in [0.25, 0.3) is 0 Å². The predicted molar refractivity (Wildman–Crippen MR) is 112 cm³/mol. The van der Waals surface area contributed by atoms with Gasteiger partial charge in [-0.25, -0.2) is 0 Å². The summed E-state index contributed by atoms with van der Waals surface area (Å²) < 4.78 is 0. The summed E-state index contributed by atoms with van der Waals surface area (Å²) in [5.41, 5.74) is 8.26. The van der Waals surface area contributed by atoms with E-state index in [-0.39, 0.29) is 0 Å². The Bertz CT molecular complexity index is 623. The van der Waals surface area contributed by atoms with E-state index < -0.39 is 0 Å².